The molecule has 12 nitrogen and oxygen atoms in total. The van der Waals surface area contributed by atoms with Crippen LogP contribution in [0, 0.1) is 17.8 Å². The molecule has 1 aliphatic carbocycles. The number of ether oxygens (including phenoxy) is 4. The number of carbonyl (C=O) groups excluding carboxylic acids is 1. The number of carbonyl (C=O) groups is 1. The molecule has 222 valence electrons. The van der Waals surface area contributed by atoms with Crippen molar-refractivity contribution in [2.24, 2.45) is 23.5 Å². The van der Waals surface area contributed by atoms with Crippen molar-refractivity contribution in [3.05, 3.63) is 0 Å². The van der Waals surface area contributed by atoms with Gasteiger partial charge in [0.2, 0.25) is 0 Å². The second-order valence-electron chi connectivity index (χ2n) is 12.2. The second kappa shape index (κ2) is 12.6. The highest BCUT2D eigenvalue weighted by atomic mass is 16.7. The molecule has 0 aromatic rings. The van der Waals surface area contributed by atoms with E-state index in [1.54, 1.807) is 27.7 Å². The summed E-state index contributed by atoms with van der Waals surface area (Å²) in [6.45, 7) is 10.2. The van der Waals surface area contributed by atoms with Crippen molar-refractivity contribution in [1.82, 2.24) is 5.32 Å². The minimum absolute atomic E-state index is 0.269. The van der Waals surface area contributed by atoms with Crippen LogP contribution in [-0.2, 0) is 18.9 Å². The van der Waals surface area contributed by atoms with Crippen molar-refractivity contribution in [2.75, 3.05) is 6.61 Å². The zero-order valence-electron chi connectivity index (χ0n) is 23.3. The minimum atomic E-state index is -1.20. The Morgan fingerprint density at radius 2 is 1.68 bits per heavy atom. The maximum Gasteiger partial charge on any atom is 0.407 e. The lowest BCUT2D eigenvalue weighted by Gasteiger charge is -2.51. The molecule has 2 aliphatic heterocycles. The van der Waals surface area contributed by atoms with Crippen LogP contribution in [0.15, 0.2) is 0 Å². The summed E-state index contributed by atoms with van der Waals surface area (Å²) in [6.07, 6.45) is -7.86. The van der Waals surface area contributed by atoms with E-state index in [2.05, 4.69) is 5.32 Å². The standard InChI is InChI=1S/C26H48N2O10/c1-7-16-15(30)9-13(27)23(35-16)18-14(28-25(34)38-26(4,5)6)8-11(2)22(21(18)33)37-24-20(32)12(3)19(31)17(10-29)36-24/h11-24,29-33H,7-10,27H2,1-6H3,(H,28,34). The van der Waals surface area contributed by atoms with Gasteiger partial charge in [0.1, 0.15) is 17.8 Å². The predicted octanol–water partition coefficient (Wildman–Crippen LogP) is -0.387. The second-order valence-corrected chi connectivity index (χ2v) is 12.2. The molecule has 0 spiro atoms. The zero-order valence-corrected chi connectivity index (χ0v) is 23.3. The van der Waals surface area contributed by atoms with Crippen LogP contribution in [-0.4, -0.2) is 111 Å². The summed E-state index contributed by atoms with van der Waals surface area (Å²) in [5.74, 6) is -1.67. The molecule has 8 N–H and O–H groups in total. The SMILES string of the molecule is CCC1OC(C2C(NC(=O)OC(C)(C)C)CC(C)C(OC3OC(CO)C(O)C(C)C3O)C2O)C(N)CC1O. The van der Waals surface area contributed by atoms with Crippen molar-refractivity contribution < 1.29 is 49.3 Å². The summed E-state index contributed by atoms with van der Waals surface area (Å²) < 4.78 is 23.5. The summed E-state index contributed by atoms with van der Waals surface area (Å²) in [5.41, 5.74) is 5.71. The lowest BCUT2D eigenvalue weighted by molar-refractivity contribution is -0.318. The fourth-order valence-electron chi connectivity index (χ4n) is 5.98. The van der Waals surface area contributed by atoms with Crippen molar-refractivity contribution in [2.45, 2.75) is 134 Å². The fourth-order valence-corrected chi connectivity index (χ4v) is 5.98. The van der Waals surface area contributed by atoms with E-state index in [9.17, 15) is 30.3 Å². The monoisotopic (exact) mass is 548 g/mol. The van der Waals surface area contributed by atoms with E-state index in [4.69, 9.17) is 24.7 Å². The normalized spacial score (nSPS) is 46.4. The lowest BCUT2D eigenvalue weighted by atomic mass is 9.70. The number of aliphatic hydroxyl groups is 5. The first kappa shape index (κ1) is 31.4. The maximum atomic E-state index is 12.7. The van der Waals surface area contributed by atoms with Crippen LogP contribution in [0.25, 0.3) is 0 Å². The molecule has 0 aromatic heterocycles. The van der Waals surface area contributed by atoms with Gasteiger partial charge in [0.25, 0.3) is 0 Å². The van der Waals surface area contributed by atoms with E-state index >= 15 is 0 Å². The van der Waals surface area contributed by atoms with Crippen molar-refractivity contribution in [3.8, 4) is 0 Å². The first-order chi connectivity index (χ1) is 17.7. The molecule has 2 heterocycles. The number of nitrogens with two attached hydrogens (primary N) is 1. The molecule has 38 heavy (non-hydrogen) atoms. The van der Waals surface area contributed by atoms with E-state index in [0.29, 0.717) is 12.8 Å². The number of amides is 1. The number of rotatable bonds is 6. The highest BCUT2D eigenvalue weighted by Crippen LogP contribution is 2.40. The van der Waals surface area contributed by atoms with E-state index < -0.39 is 97.3 Å². The summed E-state index contributed by atoms with van der Waals surface area (Å²) in [6, 6.07) is -1.20. The number of aliphatic hydroxyl groups excluding tert-OH is 5. The Morgan fingerprint density at radius 3 is 2.26 bits per heavy atom. The van der Waals surface area contributed by atoms with Crippen molar-refractivity contribution in [1.29, 1.82) is 0 Å². The number of nitrogens with one attached hydrogen (secondary N) is 1. The van der Waals surface area contributed by atoms with Crippen LogP contribution in [0.5, 0.6) is 0 Å². The summed E-state index contributed by atoms with van der Waals surface area (Å²) in [5, 5.41) is 55.7. The molecule has 0 aromatic carbocycles. The van der Waals surface area contributed by atoms with E-state index in [1.165, 1.54) is 0 Å². The number of hydrogen-bond acceptors (Lipinski definition) is 11. The van der Waals surface area contributed by atoms with Gasteiger partial charge < -0.3 is 55.5 Å². The van der Waals surface area contributed by atoms with E-state index in [1.807, 2.05) is 13.8 Å². The largest absolute Gasteiger partial charge is 0.444 e. The fraction of sp³-hybridized carbons (Fsp3) is 0.962. The zero-order chi connectivity index (χ0) is 28.5. The molecule has 1 amide bonds. The maximum absolute atomic E-state index is 12.7. The van der Waals surface area contributed by atoms with Gasteiger partial charge in [0, 0.05) is 23.9 Å². The summed E-state index contributed by atoms with van der Waals surface area (Å²) >= 11 is 0. The van der Waals surface area contributed by atoms with Crippen molar-refractivity contribution >= 4 is 6.09 Å². The molecule has 3 aliphatic rings. The Morgan fingerprint density at radius 1 is 1.03 bits per heavy atom. The Hall–Kier alpha value is -1.09. The molecule has 3 fully saturated rings. The Balaban J connectivity index is 1.87. The molecule has 3 rings (SSSR count). The summed E-state index contributed by atoms with van der Waals surface area (Å²) in [7, 11) is 0. The van der Waals surface area contributed by atoms with Crippen molar-refractivity contribution in [3.63, 3.8) is 0 Å². The van der Waals surface area contributed by atoms with Gasteiger partial charge in [-0.25, -0.2) is 4.79 Å². The number of hydrogen-bond donors (Lipinski definition) is 7. The molecular formula is C26H48N2O10. The molecule has 14 unspecified atom stereocenters. The Labute approximate surface area is 224 Å². The summed E-state index contributed by atoms with van der Waals surface area (Å²) in [4.78, 5) is 12.7. The van der Waals surface area contributed by atoms with Crippen LogP contribution >= 0.6 is 0 Å². The van der Waals surface area contributed by atoms with Crippen LogP contribution in [0.2, 0.25) is 0 Å². The molecule has 12 heteroatoms. The quantitative estimate of drug-likeness (QED) is 0.229. The minimum Gasteiger partial charge on any atom is -0.444 e. The first-order valence-electron chi connectivity index (χ1n) is 13.7. The van der Waals surface area contributed by atoms with Gasteiger partial charge in [-0.05, 0) is 46.0 Å². The Kier molecular flexibility index (Phi) is 10.4. The van der Waals surface area contributed by atoms with Gasteiger partial charge in [-0.3, -0.25) is 0 Å². The Bertz CT molecular complexity index is 780. The highest BCUT2D eigenvalue weighted by Gasteiger charge is 2.53. The van der Waals surface area contributed by atoms with Gasteiger partial charge in [0.05, 0.1) is 43.2 Å². The average molecular weight is 549 g/mol. The molecular weight excluding hydrogens is 500 g/mol. The van der Waals surface area contributed by atoms with Gasteiger partial charge in [0.15, 0.2) is 6.29 Å². The first-order valence-corrected chi connectivity index (χ1v) is 13.7. The number of alkyl carbamates (subject to hydrolysis) is 1. The third kappa shape index (κ3) is 6.97. The molecule has 1 saturated carbocycles. The van der Waals surface area contributed by atoms with E-state index in [-0.39, 0.29) is 12.3 Å². The van der Waals surface area contributed by atoms with Gasteiger partial charge in [-0.15, -0.1) is 0 Å². The lowest BCUT2D eigenvalue weighted by Crippen LogP contribution is -2.66. The molecule has 2 saturated heterocycles. The van der Waals surface area contributed by atoms with E-state index in [0.717, 1.165) is 0 Å². The molecule has 0 radical (unpaired) electrons. The van der Waals surface area contributed by atoms with Crippen LogP contribution < -0.4 is 11.1 Å². The third-order valence-electron chi connectivity index (χ3n) is 8.08. The van der Waals surface area contributed by atoms with Gasteiger partial charge in [-0.2, -0.15) is 0 Å². The van der Waals surface area contributed by atoms with Crippen LogP contribution in [0.3, 0.4) is 0 Å². The molecule has 0 bridgehead atoms. The van der Waals surface area contributed by atoms with Gasteiger partial charge in [-0.1, -0.05) is 20.8 Å². The van der Waals surface area contributed by atoms with Gasteiger partial charge >= 0.3 is 6.09 Å². The predicted molar refractivity (Wildman–Crippen MR) is 136 cm³/mol. The highest BCUT2D eigenvalue weighted by molar-refractivity contribution is 5.68. The topological polar surface area (TPSA) is 193 Å². The molecule has 14 atom stereocenters. The van der Waals surface area contributed by atoms with Crippen LogP contribution in [0.4, 0.5) is 4.79 Å². The van der Waals surface area contributed by atoms with Crippen LogP contribution in [0.1, 0.15) is 60.8 Å². The third-order valence-corrected chi connectivity index (χ3v) is 8.08. The smallest absolute Gasteiger partial charge is 0.407 e. The average Bonchev–Trinajstić information content (AvgIpc) is 2.81.